The second-order valence-corrected chi connectivity index (χ2v) is 6.71. The molecule has 23 heavy (non-hydrogen) atoms. The molecule has 1 aliphatic rings. The van der Waals surface area contributed by atoms with Crippen molar-refractivity contribution in [1.82, 2.24) is 16.2 Å². The lowest BCUT2D eigenvalue weighted by molar-refractivity contribution is 0.114. The molecule has 0 aromatic heterocycles. The van der Waals surface area contributed by atoms with Crippen molar-refractivity contribution in [3.05, 3.63) is 28.3 Å². The highest BCUT2D eigenvalue weighted by molar-refractivity contribution is 7.80. The van der Waals surface area contributed by atoms with E-state index in [0.29, 0.717) is 21.8 Å². The molecule has 1 aromatic carbocycles. The van der Waals surface area contributed by atoms with Crippen LogP contribution in [-0.2, 0) is 4.74 Å². The van der Waals surface area contributed by atoms with E-state index in [9.17, 15) is 0 Å². The molecule has 2 rings (SSSR count). The highest BCUT2D eigenvalue weighted by atomic mass is 35.5. The standard InChI is InChI=1S/C15H21ClN4OS2/c1-9-6-10(2)13(12(16)7-9)18-15(23)20-19-14(22)17-8-11-4-3-5-21-11/h6-7,11H,3-5,8H2,1-2H3,(H2,17,19,22)(H2,18,20,23)/t11-/m1/s1. The molecule has 0 bridgehead atoms. The van der Waals surface area contributed by atoms with Gasteiger partial charge < -0.3 is 15.4 Å². The van der Waals surface area contributed by atoms with Crippen molar-refractivity contribution in [2.75, 3.05) is 18.5 Å². The van der Waals surface area contributed by atoms with Crippen molar-refractivity contribution < 1.29 is 4.74 Å². The van der Waals surface area contributed by atoms with Crippen molar-refractivity contribution in [2.45, 2.75) is 32.8 Å². The maximum Gasteiger partial charge on any atom is 0.189 e. The Labute approximate surface area is 152 Å². The molecule has 1 fully saturated rings. The van der Waals surface area contributed by atoms with Crippen molar-refractivity contribution in [3.8, 4) is 0 Å². The fraction of sp³-hybridized carbons (Fsp3) is 0.467. The molecule has 126 valence electrons. The molecule has 1 aromatic rings. The Morgan fingerprint density at radius 1 is 1.26 bits per heavy atom. The fourth-order valence-corrected chi connectivity index (χ4v) is 3.04. The van der Waals surface area contributed by atoms with Gasteiger partial charge in [-0.2, -0.15) is 0 Å². The Kier molecular flexibility index (Phi) is 6.83. The van der Waals surface area contributed by atoms with Gasteiger partial charge in [0.2, 0.25) is 0 Å². The molecule has 0 aliphatic carbocycles. The number of thiocarbonyl (C=S) groups is 2. The van der Waals surface area contributed by atoms with Crippen LogP contribution in [0, 0.1) is 13.8 Å². The Balaban J connectivity index is 1.75. The first-order chi connectivity index (χ1) is 11.0. The molecule has 1 heterocycles. The number of halogens is 1. The summed E-state index contributed by atoms with van der Waals surface area (Å²) in [5, 5.41) is 7.65. The van der Waals surface area contributed by atoms with Gasteiger partial charge >= 0.3 is 0 Å². The molecule has 0 amide bonds. The van der Waals surface area contributed by atoms with Crippen LogP contribution in [0.5, 0.6) is 0 Å². The van der Waals surface area contributed by atoms with E-state index in [0.717, 1.165) is 36.3 Å². The Bertz CT molecular complexity index is 568. The first-order valence-corrected chi connectivity index (χ1v) is 8.64. The lowest BCUT2D eigenvalue weighted by atomic mass is 10.1. The third kappa shape index (κ3) is 5.76. The van der Waals surface area contributed by atoms with Gasteiger partial charge in [-0.1, -0.05) is 17.7 Å². The van der Waals surface area contributed by atoms with Crippen LogP contribution in [0.4, 0.5) is 5.69 Å². The number of hydrogen-bond donors (Lipinski definition) is 4. The maximum atomic E-state index is 6.24. The summed E-state index contributed by atoms with van der Waals surface area (Å²) in [6.45, 7) is 5.50. The molecule has 5 nitrogen and oxygen atoms in total. The summed E-state index contributed by atoms with van der Waals surface area (Å²) >= 11 is 16.7. The number of anilines is 1. The fourth-order valence-electron chi connectivity index (χ4n) is 2.39. The molecule has 0 unspecified atom stereocenters. The zero-order valence-corrected chi connectivity index (χ0v) is 15.6. The average Bonchev–Trinajstić information content (AvgIpc) is 3.00. The van der Waals surface area contributed by atoms with Crippen LogP contribution in [0.25, 0.3) is 0 Å². The maximum absolute atomic E-state index is 6.24. The predicted octanol–water partition coefficient (Wildman–Crippen LogP) is 2.80. The van der Waals surface area contributed by atoms with E-state index >= 15 is 0 Å². The van der Waals surface area contributed by atoms with Crippen LogP contribution in [0.3, 0.4) is 0 Å². The van der Waals surface area contributed by atoms with Gasteiger partial charge in [0.05, 0.1) is 16.8 Å². The second kappa shape index (κ2) is 8.63. The molecule has 1 saturated heterocycles. The minimum absolute atomic E-state index is 0.230. The Hall–Kier alpha value is -1.15. The van der Waals surface area contributed by atoms with Crippen LogP contribution in [0.1, 0.15) is 24.0 Å². The van der Waals surface area contributed by atoms with Gasteiger partial charge in [-0.05, 0) is 68.3 Å². The number of hydrogen-bond acceptors (Lipinski definition) is 3. The van der Waals surface area contributed by atoms with Gasteiger partial charge in [-0.15, -0.1) is 0 Å². The van der Waals surface area contributed by atoms with Crippen LogP contribution >= 0.6 is 36.0 Å². The van der Waals surface area contributed by atoms with Crippen LogP contribution in [0.15, 0.2) is 12.1 Å². The number of aryl methyl sites for hydroxylation is 2. The van der Waals surface area contributed by atoms with Crippen molar-refractivity contribution in [2.24, 2.45) is 0 Å². The summed E-state index contributed by atoms with van der Waals surface area (Å²) < 4.78 is 5.52. The molecule has 0 saturated carbocycles. The van der Waals surface area contributed by atoms with Gasteiger partial charge in [0.25, 0.3) is 0 Å². The molecular weight excluding hydrogens is 352 g/mol. The molecule has 1 atom stereocenters. The lowest BCUT2D eigenvalue weighted by Gasteiger charge is -2.17. The quantitative estimate of drug-likeness (QED) is 0.481. The number of hydrazine groups is 1. The van der Waals surface area contributed by atoms with Crippen molar-refractivity contribution in [3.63, 3.8) is 0 Å². The normalized spacial score (nSPS) is 16.7. The van der Waals surface area contributed by atoms with Gasteiger partial charge in [0.1, 0.15) is 0 Å². The van der Waals surface area contributed by atoms with E-state index in [1.165, 1.54) is 0 Å². The first-order valence-electron chi connectivity index (χ1n) is 7.45. The van der Waals surface area contributed by atoms with Crippen LogP contribution < -0.4 is 21.5 Å². The number of rotatable bonds is 3. The average molecular weight is 373 g/mol. The molecule has 4 N–H and O–H groups in total. The largest absolute Gasteiger partial charge is 0.376 e. The highest BCUT2D eigenvalue weighted by Gasteiger charge is 2.15. The molecule has 0 spiro atoms. The molecule has 8 heteroatoms. The van der Waals surface area contributed by atoms with Gasteiger partial charge in [-0.25, -0.2) is 0 Å². The molecule has 1 aliphatic heterocycles. The highest BCUT2D eigenvalue weighted by Crippen LogP contribution is 2.27. The van der Waals surface area contributed by atoms with Crippen LogP contribution in [-0.4, -0.2) is 29.5 Å². The smallest absolute Gasteiger partial charge is 0.189 e. The number of ether oxygens (including phenoxy) is 1. The Morgan fingerprint density at radius 3 is 2.65 bits per heavy atom. The summed E-state index contributed by atoms with van der Waals surface area (Å²) in [5.74, 6) is 0. The Morgan fingerprint density at radius 2 is 2.00 bits per heavy atom. The summed E-state index contributed by atoms with van der Waals surface area (Å²) in [4.78, 5) is 0. The zero-order valence-electron chi connectivity index (χ0n) is 13.2. The third-order valence-electron chi connectivity index (χ3n) is 3.47. The SMILES string of the molecule is Cc1cc(C)c(NC(=S)NNC(=S)NC[C@H]2CCCO2)c(Cl)c1. The van der Waals surface area contributed by atoms with E-state index in [1.807, 2.05) is 26.0 Å². The number of benzene rings is 1. The number of nitrogens with one attached hydrogen (secondary N) is 4. The zero-order chi connectivity index (χ0) is 16.8. The minimum Gasteiger partial charge on any atom is -0.376 e. The summed E-state index contributed by atoms with van der Waals surface area (Å²) in [6, 6.07) is 3.93. The van der Waals surface area contributed by atoms with Gasteiger partial charge in [0, 0.05) is 13.2 Å². The molecule has 0 radical (unpaired) electrons. The van der Waals surface area contributed by atoms with E-state index < -0.39 is 0 Å². The van der Waals surface area contributed by atoms with E-state index in [1.54, 1.807) is 0 Å². The summed E-state index contributed by atoms with van der Waals surface area (Å²) in [6.07, 6.45) is 2.40. The summed E-state index contributed by atoms with van der Waals surface area (Å²) in [7, 11) is 0. The minimum atomic E-state index is 0.230. The predicted molar refractivity (Wildman–Crippen MR) is 103 cm³/mol. The van der Waals surface area contributed by atoms with Crippen molar-refractivity contribution in [1.29, 1.82) is 0 Å². The van der Waals surface area contributed by atoms with Gasteiger partial charge in [-0.3, -0.25) is 10.9 Å². The van der Waals surface area contributed by atoms with Crippen molar-refractivity contribution >= 4 is 51.9 Å². The monoisotopic (exact) mass is 372 g/mol. The summed E-state index contributed by atoms with van der Waals surface area (Å²) in [5.41, 5.74) is 8.61. The molecular formula is C15H21ClN4OS2. The van der Waals surface area contributed by atoms with E-state index in [2.05, 4.69) is 21.5 Å². The first kappa shape index (κ1) is 18.2. The van der Waals surface area contributed by atoms with E-state index in [4.69, 9.17) is 40.8 Å². The van der Waals surface area contributed by atoms with Crippen LogP contribution in [0.2, 0.25) is 5.02 Å². The van der Waals surface area contributed by atoms with E-state index in [-0.39, 0.29) is 6.10 Å². The second-order valence-electron chi connectivity index (χ2n) is 5.49. The topological polar surface area (TPSA) is 57.3 Å². The lowest BCUT2D eigenvalue weighted by Crippen LogP contribution is -2.49. The third-order valence-corrected chi connectivity index (χ3v) is 4.22. The van der Waals surface area contributed by atoms with Gasteiger partial charge in [0.15, 0.2) is 10.2 Å².